The lowest BCUT2D eigenvalue weighted by atomic mass is 9.59. The highest BCUT2D eigenvalue weighted by Crippen LogP contribution is 2.53. The van der Waals surface area contributed by atoms with Gasteiger partial charge in [0.25, 0.3) is 27.6 Å². The zero-order chi connectivity index (χ0) is 47.5. The van der Waals surface area contributed by atoms with E-state index in [0.29, 0.717) is 61.0 Å². The minimum Gasteiger partial charge on any atom is -0.489 e. The number of piperidine rings is 1. The third kappa shape index (κ3) is 8.98. The van der Waals surface area contributed by atoms with Crippen LogP contribution in [0.2, 0.25) is 0 Å². The number of benzene rings is 3. The number of hydrogen-bond donors (Lipinski definition) is 4. The SMILES string of the molecule is CC(C)c1ccccc1[C@H]1COCCN1C1CC2(CCN(c3ccc(C(=O)NS(=O)(=O)c4cc5c(c([N+](=O)[O-])c4)N[C@@H](C4CCC(C)(O)CC4)CO5)c(Oc4cc5cc[nH]c5nc4F)c3)CC2)C1. The zero-order valence-corrected chi connectivity index (χ0v) is 39.3. The van der Waals surface area contributed by atoms with Crippen LogP contribution in [0.3, 0.4) is 0 Å². The van der Waals surface area contributed by atoms with Crippen LogP contribution in [0.1, 0.15) is 106 Å². The first-order valence-corrected chi connectivity index (χ1v) is 25.2. The maximum absolute atomic E-state index is 15.5. The van der Waals surface area contributed by atoms with Crippen LogP contribution in [-0.4, -0.2) is 96.4 Å². The Morgan fingerprint density at radius 1 is 1.01 bits per heavy atom. The van der Waals surface area contributed by atoms with E-state index in [0.717, 1.165) is 64.1 Å². The fourth-order valence-electron chi connectivity index (χ4n) is 11.3. The first-order valence-electron chi connectivity index (χ1n) is 23.7. The average Bonchev–Trinajstić information content (AvgIpc) is 3.77. The van der Waals surface area contributed by atoms with E-state index in [1.165, 1.54) is 23.3 Å². The molecule has 5 aromatic rings. The minimum atomic E-state index is -4.75. The van der Waals surface area contributed by atoms with E-state index in [1.807, 2.05) is 0 Å². The first-order chi connectivity index (χ1) is 32.6. The van der Waals surface area contributed by atoms with Crippen molar-refractivity contribution in [3.8, 4) is 17.2 Å². The van der Waals surface area contributed by atoms with Gasteiger partial charge in [-0.25, -0.2) is 13.1 Å². The molecule has 10 rings (SSSR count). The van der Waals surface area contributed by atoms with Crippen LogP contribution in [0.4, 0.5) is 21.5 Å². The van der Waals surface area contributed by atoms with Gasteiger partial charge in [-0.3, -0.25) is 19.8 Å². The fraction of sp³-hybridized carbons (Fsp3) is 0.480. The van der Waals surface area contributed by atoms with E-state index < -0.39 is 43.0 Å². The molecule has 5 heterocycles. The number of anilines is 2. The smallest absolute Gasteiger partial charge is 0.297 e. The molecule has 16 nitrogen and oxygen atoms in total. The number of H-pyrrole nitrogens is 1. The molecule has 4 N–H and O–H groups in total. The quantitative estimate of drug-likeness (QED) is 0.0558. The second-order valence-electron chi connectivity index (χ2n) is 20.0. The van der Waals surface area contributed by atoms with Gasteiger partial charge in [-0.1, -0.05) is 38.1 Å². The third-order valence-corrected chi connectivity index (χ3v) is 16.6. The van der Waals surface area contributed by atoms with Crippen molar-refractivity contribution >= 4 is 44.0 Å². The molecule has 68 heavy (non-hydrogen) atoms. The molecular weight excluding hydrogens is 894 g/mol. The lowest BCUT2D eigenvalue weighted by Crippen LogP contribution is -2.58. The molecule has 2 saturated carbocycles. The number of morpholine rings is 1. The number of nitrogens with zero attached hydrogens (tertiary/aromatic N) is 4. The maximum Gasteiger partial charge on any atom is 0.297 e. The van der Waals surface area contributed by atoms with Crippen LogP contribution in [0.5, 0.6) is 17.2 Å². The van der Waals surface area contributed by atoms with Crippen LogP contribution in [-0.2, 0) is 14.8 Å². The largest absolute Gasteiger partial charge is 0.489 e. The molecule has 4 fully saturated rings. The molecule has 3 aliphatic heterocycles. The van der Waals surface area contributed by atoms with Gasteiger partial charge in [0, 0.05) is 61.1 Å². The van der Waals surface area contributed by atoms with E-state index >= 15 is 4.39 Å². The molecule has 0 radical (unpaired) electrons. The topological polar surface area (TPSA) is 201 Å². The van der Waals surface area contributed by atoms with Crippen molar-refractivity contribution < 1.29 is 41.8 Å². The number of ether oxygens (including phenoxy) is 3. The number of nitro groups is 1. The van der Waals surface area contributed by atoms with Gasteiger partial charge in [0.15, 0.2) is 17.2 Å². The van der Waals surface area contributed by atoms with Gasteiger partial charge in [-0.2, -0.15) is 9.37 Å². The number of nitro benzene ring substituents is 1. The van der Waals surface area contributed by atoms with E-state index in [9.17, 15) is 28.4 Å². The first kappa shape index (κ1) is 45.9. The Bertz CT molecular complexity index is 2850. The molecular formula is C50H58FN7O9S. The number of fused-ring (bicyclic) bond motifs is 2. The number of carbonyl (C=O) groups excluding carboxylic acids is 1. The van der Waals surface area contributed by atoms with Crippen molar-refractivity contribution in [2.24, 2.45) is 11.3 Å². The number of halogens is 1. The normalized spacial score (nSPS) is 24.2. The number of aliphatic hydroxyl groups is 1. The van der Waals surface area contributed by atoms with Crippen molar-refractivity contribution in [3.63, 3.8) is 0 Å². The number of sulfonamides is 1. The molecule has 5 aliphatic rings. The maximum atomic E-state index is 15.5. The highest BCUT2D eigenvalue weighted by atomic mass is 32.2. The number of hydrogen-bond acceptors (Lipinski definition) is 13. The Labute approximate surface area is 394 Å². The summed E-state index contributed by atoms with van der Waals surface area (Å²) in [6.07, 6.45) is 8.25. The number of pyridine rings is 1. The molecule has 2 saturated heterocycles. The second kappa shape index (κ2) is 17.9. The van der Waals surface area contributed by atoms with Crippen molar-refractivity contribution in [2.75, 3.05) is 49.7 Å². The van der Waals surface area contributed by atoms with Crippen LogP contribution >= 0.6 is 0 Å². The molecule has 2 aliphatic carbocycles. The zero-order valence-electron chi connectivity index (χ0n) is 38.5. The van der Waals surface area contributed by atoms with Crippen LogP contribution in [0, 0.1) is 27.4 Å². The van der Waals surface area contributed by atoms with Crippen LogP contribution in [0.25, 0.3) is 11.0 Å². The Kier molecular flexibility index (Phi) is 12.1. The number of aromatic nitrogens is 2. The predicted octanol–water partition coefficient (Wildman–Crippen LogP) is 8.58. The lowest BCUT2D eigenvalue weighted by molar-refractivity contribution is -0.384. The summed E-state index contributed by atoms with van der Waals surface area (Å²) in [7, 11) is -4.75. The minimum absolute atomic E-state index is 0.0407. The molecule has 360 valence electrons. The highest BCUT2D eigenvalue weighted by molar-refractivity contribution is 7.90. The average molecular weight is 952 g/mol. The van der Waals surface area contributed by atoms with Gasteiger partial charge in [-0.05, 0) is 111 Å². The molecule has 3 aromatic carbocycles. The summed E-state index contributed by atoms with van der Waals surface area (Å²) in [5, 5.41) is 26.6. The monoisotopic (exact) mass is 951 g/mol. The van der Waals surface area contributed by atoms with Gasteiger partial charge >= 0.3 is 0 Å². The summed E-state index contributed by atoms with van der Waals surface area (Å²) in [6.45, 7) is 10.2. The number of aromatic amines is 1. The second-order valence-corrected chi connectivity index (χ2v) is 21.7. The highest BCUT2D eigenvalue weighted by Gasteiger charge is 2.50. The van der Waals surface area contributed by atoms with Crippen LogP contribution < -0.4 is 24.4 Å². The summed E-state index contributed by atoms with van der Waals surface area (Å²) >= 11 is 0. The van der Waals surface area contributed by atoms with Gasteiger partial charge in [0.2, 0.25) is 0 Å². The summed E-state index contributed by atoms with van der Waals surface area (Å²) in [4.78, 5) is 36.9. The Hall–Kier alpha value is -5.82. The predicted molar refractivity (Wildman–Crippen MR) is 254 cm³/mol. The number of carbonyl (C=O) groups is 1. The number of rotatable bonds is 11. The Balaban J connectivity index is 0.867. The van der Waals surface area contributed by atoms with Gasteiger partial charge < -0.3 is 34.5 Å². The fourth-order valence-corrected chi connectivity index (χ4v) is 12.3. The summed E-state index contributed by atoms with van der Waals surface area (Å²) < 4.78 is 63.6. The molecule has 18 heteroatoms. The molecule has 2 aromatic heterocycles. The number of amides is 1. The van der Waals surface area contributed by atoms with Crippen molar-refractivity contribution in [3.05, 3.63) is 106 Å². The molecule has 2 atom stereocenters. The van der Waals surface area contributed by atoms with Gasteiger partial charge in [-0.15, -0.1) is 0 Å². The molecule has 1 spiro atoms. The van der Waals surface area contributed by atoms with Gasteiger partial charge in [0.1, 0.15) is 18.0 Å². The van der Waals surface area contributed by atoms with E-state index in [2.05, 4.69) is 67.9 Å². The summed E-state index contributed by atoms with van der Waals surface area (Å²) in [5.74, 6) is -1.95. The van der Waals surface area contributed by atoms with E-state index in [1.54, 1.807) is 31.3 Å². The molecule has 1 amide bonds. The van der Waals surface area contributed by atoms with E-state index in [-0.39, 0.29) is 58.5 Å². The van der Waals surface area contributed by atoms with Crippen LogP contribution in [0.15, 0.2) is 77.8 Å². The van der Waals surface area contributed by atoms with Crippen molar-refractivity contribution in [2.45, 2.75) is 107 Å². The van der Waals surface area contributed by atoms with Crippen molar-refractivity contribution in [1.82, 2.24) is 19.6 Å². The Morgan fingerprint density at radius 3 is 2.53 bits per heavy atom. The lowest BCUT2D eigenvalue weighted by Gasteiger charge is -2.57. The number of nitrogens with one attached hydrogen (secondary N) is 3. The standard InChI is InChI=1S/C50H58FN7O9S/c1-30(2)36-6-4-5-7-37(36)41-29-65-21-20-57(41)34-26-50(27-34)15-18-56(19-16-50)33-8-9-38(42(23-33)67-44-22-32-12-17-52-47(32)54-46(44)51)48(59)55-68(63,64)35-24-40(58(61)62)45-43(25-35)66-28-39(53-45)31-10-13-49(3,60)14-11-31/h4-9,12,17,22-25,30-31,34,39,41,53,60H,10-11,13-16,18-21,26-29H2,1-3H3,(H,52,54)(H,55,59)/t31?,39-,41-,49?/m1/s1. The molecule has 0 bridgehead atoms. The summed E-state index contributed by atoms with van der Waals surface area (Å²) in [5.41, 5.74) is 2.47. The van der Waals surface area contributed by atoms with Gasteiger partial charge in [0.05, 0.1) is 46.3 Å². The Morgan fingerprint density at radius 2 is 1.78 bits per heavy atom. The third-order valence-electron chi connectivity index (χ3n) is 15.2. The van der Waals surface area contributed by atoms with E-state index in [4.69, 9.17) is 14.2 Å². The van der Waals surface area contributed by atoms with Crippen molar-refractivity contribution in [1.29, 1.82) is 0 Å². The molecule has 0 unspecified atom stereocenters. The summed E-state index contributed by atoms with van der Waals surface area (Å²) in [6, 6.07) is 19.1.